The fourth-order valence-corrected chi connectivity index (χ4v) is 1.54. The summed E-state index contributed by atoms with van der Waals surface area (Å²) >= 11 is 0. The molecule has 0 atom stereocenters. The van der Waals surface area contributed by atoms with Gasteiger partial charge in [-0.15, -0.1) is 0 Å². The number of nitrogens with zero attached hydrogens (tertiary/aromatic N) is 1. The van der Waals surface area contributed by atoms with Gasteiger partial charge in [0.1, 0.15) is 6.29 Å². The standard InChI is InChI=1S/C14H11NO/c16-11-5-7-12-6-1-2-8-13(12)14-9-3-4-10-15-14/h1-11H. The smallest absolute Gasteiger partial charge is 0.142 e. The van der Waals surface area contributed by atoms with Crippen molar-refractivity contribution in [2.75, 3.05) is 0 Å². The Kier molecular flexibility index (Phi) is 3.24. The highest BCUT2D eigenvalue weighted by Crippen LogP contribution is 2.22. The summed E-state index contributed by atoms with van der Waals surface area (Å²) in [6.45, 7) is 0. The summed E-state index contributed by atoms with van der Waals surface area (Å²) in [5.41, 5.74) is 2.93. The number of rotatable bonds is 3. The van der Waals surface area contributed by atoms with Crippen molar-refractivity contribution in [1.82, 2.24) is 4.98 Å². The van der Waals surface area contributed by atoms with Crippen LogP contribution in [0.4, 0.5) is 0 Å². The summed E-state index contributed by atoms with van der Waals surface area (Å²) in [6, 6.07) is 13.6. The number of allylic oxidation sites excluding steroid dienone is 1. The molecule has 0 fully saturated rings. The summed E-state index contributed by atoms with van der Waals surface area (Å²) in [5.74, 6) is 0. The molecule has 0 amide bonds. The molecule has 2 aromatic rings. The van der Waals surface area contributed by atoms with Crippen LogP contribution in [-0.2, 0) is 4.79 Å². The first-order valence-electron chi connectivity index (χ1n) is 5.04. The molecular weight excluding hydrogens is 198 g/mol. The highest BCUT2D eigenvalue weighted by Gasteiger charge is 2.01. The molecule has 1 aromatic carbocycles. The van der Waals surface area contributed by atoms with E-state index in [0.717, 1.165) is 23.1 Å². The highest BCUT2D eigenvalue weighted by atomic mass is 16.1. The van der Waals surface area contributed by atoms with E-state index in [1.807, 2.05) is 42.5 Å². The zero-order valence-electron chi connectivity index (χ0n) is 8.71. The predicted octanol–water partition coefficient (Wildman–Crippen LogP) is 2.96. The maximum atomic E-state index is 10.3. The zero-order valence-corrected chi connectivity index (χ0v) is 8.71. The van der Waals surface area contributed by atoms with E-state index >= 15 is 0 Å². The number of benzene rings is 1. The Bertz CT molecular complexity index is 503. The molecule has 2 rings (SSSR count). The molecule has 0 aliphatic heterocycles. The first-order valence-corrected chi connectivity index (χ1v) is 5.04. The van der Waals surface area contributed by atoms with Gasteiger partial charge >= 0.3 is 0 Å². The highest BCUT2D eigenvalue weighted by molar-refractivity contribution is 5.79. The van der Waals surface area contributed by atoms with Crippen LogP contribution in [0.1, 0.15) is 5.56 Å². The quantitative estimate of drug-likeness (QED) is 0.574. The normalized spacial score (nSPS) is 10.5. The third kappa shape index (κ3) is 2.23. The third-order valence-electron chi connectivity index (χ3n) is 2.26. The van der Waals surface area contributed by atoms with Gasteiger partial charge in [0, 0.05) is 11.8 Å². The minimum Gasteiger partial charge on any atom is -0.299 e. The molecule has 0 bridgehead atoms. The van der Waals surface area contributed by atoms with Crippen LogP contribution in [0, 0.1) is 0 Å². The third-order valence-corrected chi connectivity index (χ3v) is 2.26. The summed E-state index contributed by atoms with van der Waals surface area (Å²) in [6.07, 6.45) is 5.81. The SMILES string of the molecule is O=CC=Cc1ccccc1-c1ccccn1. The largest absolute Gasteiger partial charge is 0.299 e. The van der Waals surface area contributed by atoms with Crippen molar-refractivity contribution in [3.05, 3.63) is 60.3 Å². The molecule has 0 saturated heterocycles. The fourth-order valence-electron chi connectivity index (χ4n) is 1.54. The number of carbonyl (C=O) groups is 1. The van der Waals surface area contributed by atoms with Crippen molar-refractivity contribution in [2.24, 2.45) is 0 Å². The Labute approximate surface area is 94.3 Å². The minimum absolute atomic E-state index is 0.773. The van der Waals surface area contributed by atoms with Crippen LogP contribution in [0.25, 0.3) is 17.3 Å². The molecule has 1 heterocycles. The summed E-state index contributed by atoms with van der Waals surface area (Å²) < 4.78 is 0. The van der Waals surface area contributed by atoms with Crippen LogP contribution in [0.15, 0.2) is 54.7 Å². The molecule has 0 N–H and O–H groups in total. The van der Waals surface area contributed by atoms with Crippen LogP contribution in [0.3, 0.4) is 0 Å². The van der Waals surface area contributed by atoms with Crippen LogP contribution >= 0.6 is 0 Å². The molecule has 2 nitrogen and oxygen atoms in total. The number of hydrogen-bond donors (Lipinski definition) is 0. The number of aldehydes is 1. The van der Waals surface area contributed by atoms with Crippen molar-refractivity contribution >= 4 is 12.4 Å². The van der Waals surface area contributed by atoms with E-state index in [1.54, 1.807) is 12.3 Å². The Balaban J connectivity index is 2.48. The monoisotopic (exact) mass is 209 g/mol. The van der Waals surface area contributed by atoms with E-state index in [2.05, 4.69) is 4.98 Å². The average Bonchev–Trinajstić information content (AvgIpc) is 2.38. The number of carbonyl (C=O) groups excluding carboxylic acids is 1. The lowest BCUT2D eigenvalue weighted by Crippen LogP contribution is -1.85. The van der Waals surface area contributed by atoms with E-state index in [9.17, 15) is 4.79 Å². The van der Waals surface area contributed by atoms with E-state index < -0.39 is 0 Å². The molecule has 0 radical (unpaired) electrons. The summed E-state index contributed by atoms with van der Waals surface area (Å²) in [7, 11) is 0. The fraction of sp³-hybridized carbons (Fsp3) is 0. The van der Waals surface area contributed by atoms with Crippen molar-refractivity contribution in [1.29, 1.82) is 0 Å². The lowest BCUT2D eigenvalue weighted by Gasteiger charge is -2.04. The molecule has 16 heavy (non-hydrogen) atoms. The first-order chi connectivity index (χ1) is 7.92. The van der Waals surface area contributed by atoms with Gasteiger partial charge in [-0.25, -0.2) is 0 Å². The van der Waals surface area contributed by atoms with Crippen LogP contribution in [0.5, 0.6) is 0 Å². The van der Waals surface area contributed by atoms with Gasteiger partial charge in [-0.05, 0) is 23.8 Å². The molecule has 0 saturated carbocycles. The van der Waals surface area contributed by atoms with Gasteiger partial charge in [0.15, 0.2) is 0 Å². The number of pyridine rings is 1. The zero-order chi connectivity index (χ0) is 11.2. The van der Waals surface area contributed by atoms with Gasteiger partial charge in [-0.1, -0.05) is 36.4 Å². The van der Waals surface area contributed by atoms with Crippen molar-refractivity contribution in [3.8, 4) is 11.3 Å². The first kappa shape index (κ1) is 10.3. The maximum absolute atomic E-state index is 10.3. The molecule has 78 valence electrons. The van der Waals surface area contributed by atoms with Crippen molar-refractivity contribution in [2.45, 2.75) is 0 Å². The Morgan fingerprint density at radius 3 is 2.56 bits per heavy atom. The molecule has 0 aliphatic rings. The van der Waals surface area contributed by atoms with Gasteiger partial charge in [-0.2, -0.15) is 0 Å². The lowest BCUT2D eigenvalue weighted by atomic mass is 10.0. The molecular formula is C14H11NO. The Hall–Kier alpha value is -2.22. The van der Waals surface area contributed by atoms with Crippen LogP contribution < -0.4 is 0 Å². The van der Waals surface area contributed by atoms with E-state index in [-0.39, 0.29) is 0 Å². The molecule has 0 aliphatic carbocycles. The van der Waals surface area contributed by atoms with Gasteiger partial charge in [0.2, 0.25) is 0 Å². The molecule has 0 spiro atoms. The van der Waals surface area contributed by atoms with Crippen LogP contribution in [0.2, 0.25) is 0 Å². The lowest BCUT2D eigenvalue weighted by molar-refractivity contribution is -0.104. The number of aromatic nitrogens is 1. The van der Waals surface area contributed by atoms with Gasteiger partial charge in [0.25, 0.3) is 0 Å². The second kappa shape index (κ2) is 5.03. The van der Waals surface area contributed by atoms with E-state index in [1.165, 1.54) is 6.08 Å². The van der Waals surface area contributed by atoms with Gasteiger partial charge in [0.05, 0.1) is 5.69 Å². The topological polar surface area (TPSA) is 30.0 Å². The second-order valence-electron chi connectivity index (χ2n) is 3.30. The molecule has 2 heteroatoms. The average molecular weight is 209 g/mol. The second-order valence-corrected chi connectivity index (χ2v) is 3.30. The minimum atomic E-state index is 0.773. The van der Waals surface area contributed by atoms with Crippen molar-refractivity contribution in [3.63, 3.8) is 0 Å². The number of hydrogen-bond acceptors (Lipinski definition) is 2. The van der Waals surface area contributed by atoms with Gasteiger partial charge < -0.3 is 0 Å². The molecule has 0 unspecified atom stereocenters. The van der Waals surface area contributed by atoms with E-state index in [4.69, 9.17) is 0 Å². The summed E-state index contributed by atoms with van der Waals surface area (Å²) in [5, 5.41) is 0. The van der Waals surface area contributed by atoms with Gasteiger partial charge in [-0.3, -0.25) is 9.78 Å². The maximum Gasteiger partial charge on any atom is 0.142 e. The van der Waals surface area contributed by atoms with Crippen LogP contribution in [-0.4, -0.2) is 11.3 Å². The Morgan fingerprint density at radius 2 is 1.81 bits per heavy atom. The molecule has 1 aromatic heterocycles. The Morgan fingerprint density at radius 1 is 1.00 bits per heavy atom. The summed E-state index contributed by atoms with van der Waals surface area (Å²) in [4.78, 5) is 14.6. The predicted molar refractivity (Wildman–Crippen MR) is 64.8 cm³/mol. The van der Waals surface area contributed by atoms with E-state index in [0.29, 0.717) is 0 Å². The van der Waals surface area contributed by atoms with Crippen molar-refractivity contribution < 1.29 is 4.79 Å².